The SMILES string of the molecule is CCOC(/C=C(/OCC)N(C(C)C)C(C)C)=[N+](C(C)C)C(C)C.F[B-](F)(F)F. The molecule has 0 unspecified atom stereocenters. The van der Waals surface area contributed by atoms with E-state index in [9.17, 15) is 17.3 Å². The second kappa shape index (κ2) is 13.7. The van der Waals surface area contributed by atoms with Crippen LogP contribution in [0.15, 0.2) is 12.0 Å². The summed E-state index contributed by atoms with van der Waals surface area (Å²) in [5.74, 6) is 1.76. The van der Waals surface area contributed by atoms with E-state index in [1.807, 2.05) is 13.8 Å². The standard InChI is InChI=1S/C19H39N2O2.BF4/c1-11-22-18(20(14(3)4)15(5)6)13-19(23-12-2)21(16(7)8)17(9)10;2-1(3,4)5/h13-17H,11-12H2,1-10H3;/q+1;-1. The van der Waals surface area contributed by atoms with Crippen LogP contribution in [0.2, 0.25) is 0 Å². The number of nitrogens with zero attached hydrogens (tertiary/aromatic N) is 2. The van der Waals surface area contributed by atoms with Crippen molar-refractivity contribution in [3.8, 4) is 0 Å². The van der Waals surface area contributed by atoms with Crippen LogP contribution in [0, 0.1) is 0 Å². The summed E-state index contributed by atoms with van der Waals surface area (Å²) in [6.45, 7) is 22.9. The predicted octanol–water partition coefficient (Wildman–Crippen LogP) is 5.55. The van der Waals surface area contributed by atoms with Crippen molar-refractivity contribution in [2.75, 3.05) is 13.2 Å². The molecule has 0 aliphatic carbocycles. The van der Waals surface area contributed by atoms with Crippen molar-refractivity contribution >= 4 is 13.2 Å². The molecular weight excluding hydrogens is 375 g/mol. The Bertz CT molecular complexity index is 467. The first-order chi connectivity index (χ1) is 12.7. The highest BCUT2D eigenvalue weighted by atomic mass is 19.5. The van der Waals surface area contributed by atoms with E-state index in [0.717, 1.165) is 11.8 Å². The molecule has 0 aliphatic rings. The van der Waals surface area contributed by atoms with Crippen LogP contribution in [0.3, 0.4) is 0 Å². The summed E-state index contributed by atoms with van der Waals surface area (Å²) in [7, 11) is -6.00. The lowest BCUT2D eigenvalue weighted by Gasteiger charge is -2.34. The quantitative estimate of drug-likeness (QED) is 0.124. The average Bonchev–Trinajstić information content (AvgIpc) is 2.44. The van der Waals surface area contributed by atoms with Crippen molar-refractivity contribution in [3.05, 3.63) is 12.0 Å². The molecule has 0 saturated heterocycles. The van der Waals surface area contributed by atoms with Crippen LogP contribution in [0.4, 0.5) is 17.3 Å². The highest BCUT2D eigenvalue weighted by Gasteiger charge is 2.25. The summed E-state index contributed by atoms with van der Waals surface area (Å²) in [6.07, 6.45) is 2.06. The van der Waals surface area contributed by atoms with Crippen molar-refractivity contribution in [3.63, 3.8) is 0 Å². The molecule has 0 atom stereocenters. The molecule has 0 saturated carbocycles. The first-order valence-electron chi connectivity index (χ1n) is 9.95. The van der Waals surface area contributed by atoms with Gasteiger partial charge in [-0.2, -0.15) is 4.58 Å². The molecule has 0 heterocycles. The van der Waals surface area contributed by atoms with Gasteiger partial charge in [0.1, 0.15) is 6.08 Å². The minimum Gasteiger partial charge on any atom is -0.479 e. The summed E-state index contributed by atoms with van der Waals surface area (Å²) in [5.41, 5.74) is 0. The molecule has 0 fully saturated rings. The van der Waals surface area contributed by atoms with Gasteiger partial charge < -0.3 is 31.6 Å². The normalized spacial score (nSPS) is 12.3. The van der Waals surface area contributed by atoms with Gasteiger partial charge in [0.15, 0.2) is 18.0 Å². The van der Waals surface area contributed by atoms with Crippen LogP contribution >= 0.6 is 0 Å². The van der Waals surface area contributed by atoms with Gasteiger partial charge in [-0.05, 0) is 69.2 Å². The summed E-state index contributed by atoms with van der Waals surface area (Å²) < 4.78 is 53.2. The van der Waals surface area contributed by atoms with E-state index < -0.39 is 7.25 Å². The van der Waals surface area contributed by atoms with Gasteiger partial charge in [0.2, 0.25) is 0 Å². The number of rotatable bonds is 9. The van der Waals surface area contributed by atoms with Gasteiger partial charge in [-0.3, -0.25) is 0 Å². The Morgan fingerprint density at radius 2 is 1.18 bits per heavy atom. The molecule has 0 rings (SSSR count). The van der Waals surface area contributed by atoms with Crippen LogP contribution < -0.4 is 0 Å². The van der Waals surface area contributed by atoms with E-state index in [2.05, 4.69) is 70.9 Å². The van der Waals surface area contributed by atoms with Crippen LogP contribution in [0.5, 0.6) is 0 Å². The Hall–Kier alpha value is -1.41. The zero-order chi connectivity index (χ0) is 22.7. The highest BCUT2D eigenvalue weighted by Crippen LogP contribution is 2.16. The topological polar surface area (TPSA) is 24.7 Å². The molecule has 0 aliphatic heterocycles. The van der Waals surface area contributed by atoms with Crippen molar-refractivity contribution in [1.29, 1.82) is 0 Å². The lowest BCUT2D eigenvalue weighted by molar-refractivity contribution is -0.594. The zero-order valence-electron chi connectivity index (χ0n) is 19.1. The van der Waals surface area contributed by atoms with E-state index in [4.69, 9.17) is 9.47 Å². The second-order valence-corrected chi connectivity index (χ2v) is 7.37. The maximum atomic E-state index is 9.75. The van der Waals surface area contributed by atoms with Gasteiger partial charge in [-0.25, -0.2) is 0 Å². The van der Waals surface area contributed by atoms with Crippen LogP contribution in [-0.4, -0.2) is 60.0 Å². The molecule has 0 amide bonds. The van der Waals surface area contributed by atoms with Crippen molar-refractivity contribution in [2.45, 2.75) is 93.4 Å². The Labute approximate surface area is 168 Å². The Morgan fingerprint density at radius 1 is 0.821 bits per heavy atom. The van der Waals surface area contributed by atoms with E-state index in [1.165, 1.54) is 0 Å². The van der Waals surface area contributed by atoms with E-state index in [0.29, 0.717) is 37.4 Å². The fourth-order valence-corrected chi connectivity index (χ4v) is 2.99. The fraction of sp³-hybridized carbons (Fsp3) is 0.842. The van der Waals surface area contributed by atoms with E-state index in [1.54, 1.807) is 0 Å². The van der Waals surface area contributed by atoms with Crippen LogP contribution in [-0.2, 0) is 9.47 Å². The van der Waals surface area contributed by atoms with Crippen molar-refractivity contribution < 1.29 is 31.3 Å². The lowest BCUT2D eigenvalue weighted by atomic mass is 10.2. The van der Waals surface area contributed by atoms with Gasteiger partial charge >= 0.3 is 13.2 Å². The molecule has 9 heteroatoms. The maximum Gasteiger partial charge on any atom is 0.673 e. The van der Waals surface area contributed by atoms with Crippen molar-refractivity contribution in [2.24, 2.45) is 0 Å². The first-order valence-corrected chi connectivity index (χ1v) is 9.95. The molecule has 168 valence electrons. The summed E-state index contributed by atoms with van der Waals surface area (Å²) in [4.78, 5) is 2.29. The summed E-state index contributed by atoms with van der Waals surface area (Å²) in [6, 6.07) is 1.45. The fourth-order valence-electron chi connectivity index (χ4n) is 2.99. The minimum atomic E-state index is -6.00. The number of hydrogen-bond donors (Lipinski definition) is 0. The molecule has 28 heavy (non-hydrogen) atoms. The van der Waals surface area contributed by atoms with E-state index >= 15 is 0 Å². The molecule has 0 aromatic carbocycles. The smallest absolute Gasteiger partial charge is 0.479 e. The largest absolute Gasteiger partial charge is 0.673 e. The second-order valence-electron chi connectivity index (χ2n) is 7.37. The molecule has 0 aromatic rings. The lowest BCUT2D eigenvalue weighted by Crippen LogP contribution is -2.39. The van der Waals surface area contributed by atoms with Crippen LogP contribution in [0.25, 0.3) is 0 Å². The summed E-state index contributed by atoms with van der Waals surface area (Å²) >= 11 is 0. The molecule has 4 nitrogen and oxygen atoms in total. The van der Waals surface area contributed by atoms with Gasteiger partial charge in [-0.15, -0.1) is 0 Å². The van der Waals surface area contributed by atoms with Gasteiger partial charge in [0, 0.05) is 12.1 Å². The molecule has 0 spiro atoms. The highest BCUT2D eigenvalue weighted by molar-refractivity contribution is 6.50. The van der Waals surface area contributed by atoms with Gasteiger partial charge in [0.05, 0.1) is 13.2 Å². The third kappa shape index (κ3) is 12.9. The predicted molar refractivity (Wildman–Crippen MR) is 109 cm³/mol. The molecular formula is C19H39BF4N2O2. The van der Waals surface area contributed by atoms with Crippen LogP contribution in [0.1, 0.15) is 69.2 Å². The minimum absolute atomic E-state index is 0.363. The van der Waals surface area contributed by atoms with Gasteiger partial charge in [0.25, 0.3) is 0 Å². The third-order valence-corrected chi connectivity index (χ3v) is 3.57. The van der Waals surface area contributed by atoms with E-state index in [-0.39, 0.29) is 0 Å². The molecule has 0 N–H and O–H groups in total. The number of hydrogen-bond acceptors (Lipinski definition) is 3. The number of ether oxygens (including phenoxy) is 2. The van der Waals surface area contributed by atoms with Gasteiger partial charge in [-0.1, -0.05) is 0 Å². The molecule has 0 radical (unpaired) electrons. The monoisotopic (exact) mass is 414 g/mol. The summed E-state index contributed by atoms with van der Waals surface area (Å²) in [5, 5.41) is 0. The Morgan fingerprint density at radius 3 is 1.43 bits per heavy atom. The Kier molecular flexibility index (Phi) is 14.1. The first kappa shape index (κ1) is 28.8. The molecule has 0 aromatic heterocycles. The van der Waals surface area contributed by atoms with Crippen molar-refractivity contribution in [1.82, 2.24) is 4.90 Å². The molecule has 0 bridgehead atoms. The Balaban J connectivity index is 0. The third-order valence-electron chi connectivity index (χ3n) is 3.57. The maximum absolute atomic E-state index is 9.75. The zero-order valence-corrected chi connectivity index (χ0v) is 19.1. The average molecular weight is 414 g/mol. The number of halogens is 4.